The molecule has 152 valence electrons. The van der Waals surface area contributed by atoms with Crippen molar-refractivity contribution in [2.24, 2.45) is 0 Å². The average molecular weight is 455 g/mol. The Hall–Kier alpha value is -0.970. The zero-order valence-corrected chi connectivity index (χ0v) is 19.1. The summed E-state index contributed by atoms with van der Waals surface area (Å²) < 4.78 is 25.2. The van der Waals surface area contributed by atoms with Crippen LogP contribution in [0.4, 0.5) is 5.13 Å². The van der Waals surface area contributed by atoms with Gasteiger partial charge in [-0.3, -0.25) is 9.69 Å². The minimum Gasteiger partial charge on any atom is -0.308 e. The van der Waals surface area contributed by atoms with Crippen molar-refractivity contribution in [3.8, 4) is 0 Å². The van der Waals surface area contributed by atoms with E-state index in [2.05, 4.69) is 4.98 Å². The van der Waals surface area contributed by atoms with Gasteiger partial charge < -0.3 is 4.90 Å². The third kappa shape index (κ3) is 6.27. The Labute approximate surface area is 175 Å². The van der Waals surface area contributed by atoms with Gasteiger partial charge in [0.2, 0.25) is 15.9 Å². The molecule has 0 aliphatic rings. The molecule has 0 fully saturated rings. The van der Waals surface area contributed by atoms with Gasteiger partial charge in [0, 0.05) is 25.2 Å². The number of aromatic nitrogens is 1. The highest BCUT2D eigenvalue weighted by Crippen LogP contribution is 2.33. The normalized spacial score (nSPS) is 11.9. The molecule has 0 bridgehead atoms. The van der Waals surface area contributed by atoms with Crippen molar-refractivity contribution in [2.75, 3.05) is 51.9 Å². The van der Waals surface area contributed by atoms with Crippen molar-refractivity contribution in [3.05, 3.63) is 22.7 Å². The predicted octanol–water partition coefficient (Wildman–Crippen LogP) is 2.47. The number of thiazole rings is 1. The van der Waals surface area contributed by atoms with E-state index in [4.69, 9.17) is 11.6 Å². The van der Waals surface area contributed by atoms with Crippen LogP contribution in [0.5, 0.6) is 0 Å². The summed E-state index contributed by atoms with van der Waals surface area (Å²) in [6.07, 6.45) is 1.08. The highest BCUT2D eigenvalue weighted by atomic mass is 35.5. The summed E-state index contributed by atoms with van der Waals surface area (Å²) in [7, 11) is 1.77. The number of sulfonamides is 1. The second-order valence-corrected chi connectivity index (χ2v) is 9.97. The largest absolute Gasteiger partial charge is 0.308 e. The Morgan fingerprint density at radius 3 is 2.41 bits per heavy atom. The van der Waals surface area contributed by atoms with E-state index >= 15 is 0 Å². The van der Waals surface area contributed by atoms with Crippen LogP contribution in [0.3, 0.4) is 0 Å². The first kappa shape index (κ1) is 24.1. The van der Waals surface area contributed by atoms with E-state index in [0.29, 0.717) is 23.2 Å². The molecule has 2 aromatic rings. The van der Waals surface area contributed by atoms with Crippen molar-refractivity contribution in [1.82, 2.24) is 14.2 Å². The molecule has 1 aromatic heterocycles. The Morgan fingerprint density at radius 2 is 1.85 bits per heavy atom. The average Bonchev–Trinajstić information content (AvgIpc) is 2.89. The van der Waals surface area contributed by atoms with Crippen molar-refractivity contribution < 1.29 is 13.2 Å². The molecule has 1 heterocycles. The molecular formula is C16H24Cl2N4O3S2. The van der Waals surface area contributed by atoms with Gasteiger partial charge in [0.1, 0.15) is 0 Å². The van der Waals surface area contributed by atoms with Gasteiger partial charge in [-0.25, -0.2) is 13.4 Å². The van der Waals surface area contributed by atoms with Crippen molar-refractivity contribution in [1.29, 1.82) is 0 Å². The van der Waals surface area contributed by atoms with Gasteiger partial charge in [0.05, 0.1) is 23.0 Å². The number of rotatable bonds is 7. The van der Waals surface area contributed by atoms with E-state index in [1.54, 1.807) is 4.90 Å². The van der Waals surface area contributed by atoms with E-state index in [1.807, 2.05) is 38.1 Å². The number of hydrogen-bond acceptors (Lipinski definition) is 6. The lowest BCUT2D eigenvalue weighted by molar-refractivity contribution is -0.118. The maximum atomic E-state index is 12.8. The van der Waals surface area contributed by atoms with Gasteiger partial charge >= 0.3 is 0 Å². The fourth-order valence-corrected chi connectivity index (χ4v) is 4.09. The van der Waals surface area contributed by atoms with Crippen LogP contribution in [0.25, 0.3) is 10.2 Å². The third-order valence-electron chi connectivity index (χ3n) is 3.87. The summed E-state index contributed by atoms with van der Waals surface area (Å²) in [6.45, 7) is 2.73. The Bertz CT molecular complexity index is 916. The van der Waals surface area contributed by atoms with E-state index in [9.17, 15) is 13.2 Å². The predicted molar refractivity (Wildman–Crippen MR) is 115 cm³/mol. The summed E-state index contributed by atoms with van der Waals surface area (Å²) in [4.78, 5) is 20.9. The number of carbonyl (C=O) groups excluding carboxylic acids is 1. The summed E-state index contributed by atoms with van der Waals surface area (Å²) >= 11 is 7.49. The minimum absolute atomic E-state index is 0. The lowest BCUT2D eigenvalue weighted by Gasteiger charge is -2.24. The molecule has 11 heteroatoms. The van der Waals surface area contributed by atoms with Gasteiger partial charge in [-0.1, -0.05) is 22.9 Å². The number of benzene rings is 1. The van der Waals surface area contributed by atoms with Crippen LogP contribution in [0.2, 0.25) is 5.02 Å². The summed E-state index contributed by atoms with van der Waals surface area (Å²) in [6, 6.07) is 3.65. The van der Waals surface area contributed by atoms with Crippen LogP contribution in [0.15, 0.2) is 12.1 Å². The van der Waals surface area contributed by atoms with E-state index in [0.717, 1.165) is 26.3 Å². The number of carbonyl (C=O) groups is 1. The maximum absolute atomic E-state index is 12.8. The van der Waals surface area contributed by atoms with Crippen LogP contribution >= 0.6 is 35.3 Å². The summed E-state index contributed by atoms with van der Waals surface area (Å²) in [5, 5.41) is 1.16. The third-order valence-corrected chi connectivity index (χ3v) is 6.37. The molecule has 0 aliphatic carbocycles. The zero-order chi connectivity index (χ0) is 19.6. The number of hydrogen-bond donors (Lipinski definition) is 0. The second-order valence-electron chi connectivity index (χ2n) is 6.43. The lowest BCUT2D eigenvalue weighted by atomic mass is 10.2. The van der Waals surface area contributed by atoms with Gasteiger partial charge in [-0.2, -0.15) is 4.31 Å². The number of aryl methyl sites for hydroxylation is 1. The van der Waals surface area contributed by atoms with Gasteiger partial charge in [-0.15, -0.1) is 12.4 Å². The van der Waals surface area contributed by atoms with Crippen LogP contribution in [-0.4, -0.2) is 75.5 Å². The van der Waals surface area contributed by atoms with Crippen molar-refractivity contribution >= 4 is 66.6 Å². The number of amides is 1. The van der Waals surface area contributed by atoms with E-state index in [1.165, 1.54) is 18.4 Å². The first-order valence-electron chi connectivity index (χ1n) is 7.92. The highest BCUT2D eigenvalue weighted by Gasteiger charge is 2.24. The first-order chi connectivity index (χ1) is 12.0. The first-order valence-corrected chi connectivity index (χ1v) is 11.0. The fourth-order valence-electron chi connectivity index (χ4n) is 2.28. The zero-order valence-electron chi connectivity index (χ0n) is 15.9. The monoisotopic (exact) mass is 454 g/mol. The molecule has 27 heavy (non-hydrogen) atoms. The molecule has 0 radical (unpaired) electrons. The molecule has 0 atom stereocenters. The molecule has 0 unspecified atom stereocenters. The molecule has 1 amide bonds. The molecule has 0 saturated carbocycles. The van der Waals surface area contributed by atoms with Gasteiger partial charge in [0.15, 0.2) is 5.13 Å². The summed E-state index contributed by atoms with van der Waals surface area (Å²) in [5.41, 5.74) is 1.73. The molecule has 0 aliphatic heterocycles. The number of fused-ring (bicyclic) bond motifs is 1. The standard InChI is InChI=1S/C16H23ClN4O3S2.ClH/c1-11-8-12(17)9-13-15(11)18-16(25-13)21(7-6-19(2)3)14(22)10-20(4)26(5,23)24;/h8-9H,6-7,10H2,1-5H3;1H. The molecule has 0 N–H and O–H groups in total. The molecular weight excluding hydrogens is 431 g/mol. The van der Waals surface area contributed by atoms with Crippen molar-refractivity contribution in [3.63, 3.8) is 0 Å². The Morgan fingerprint density at radius 1 is 1.22 bits per heavy atom. The van der Waals surface area contributed by atoms with Crippen LogP contribution in [-0.2, 0) is 14.8 Å². The number of likely N-dealkylation sites (N-methyl/N-ethyl adjacent to an activating group) is 2. The van der Waals surface area contributed by atoms with E-state index < -0.39 is 10.0 Å². The number of anilines is 1. The highest BCUT2D eigenvalue weighted by molar-refractivity contribution is 7.88. The van der Waals surface area contributed by atoms with Gasteiger partial charge in [0.25, 0.3) is 0 Å². The number of halogens is 2. The molecule has 2 rings (SSSR count). The van der Waals surface area contributed by atoms with Crippen molar-refractivity contribution in [2.45, 2.75) is 6.92 Å². The molecule has 1 aromatic carbocycles. The van der Waals surface area contributed by atoms with Crippen LogP contribution < -0.4 is 4.90 Å². The SMILES string of the molecule is Cc1cc(Cl)cc2sc(N(CCN(C)C)C(=O)CN(C)S(C)(=O)=O)nc12.Cl. The second kappa shape index (κ2) is 9.49. The quantitative estimate of drug-likeness (QED) is 0.642. The Balaban J connectivity index is 0.00000364. The minimum atomic E-state index is -3.44. The maximum Gasteiger partial charge on any atom is 0.244 e. The van der Waals surface area contributed by atoms with Crippen LogP contribution in [0.1, 0.15) is 5.56 Å². The molecule has 0 saturated heterocycles. The van der Waals surface area contributed by atoms with Gasteiger partial charge in [-0.05, 0) is 38.7 Å². The smallest absolute Gasteiger partial charge is 0.244 e. The molecule has 0 spiro atoms. The summed E-state index contributed by atoms with van der Waals surface area (Å²) in [5.74, 6) is -0.317. The van der Waals surface area contributed by atoms with E-state index in [-0.39, 0.29) is 24.9 Å². The topological polar surface area (TPSA) is 73.8 Å². The fraction of sp³-hybridized carbons (Fsp3) is 0.500. The number of nitrogens with zero attached hydrogens (tertiary/aromatic N) is 4. The van der Waals surface area contributed by atoms with Crippen LogP contribution in [0, 0.1) is 6.92 Å². The molecule has 7 nitrogen and oxygen atoms in total. The lowest BCUT2D eigenvalue weighted by Crippen LogP contribution is -2.43. The Kier molecular flexibility index (Phi) is 8.46.